The maximum Gasteiger partial charge on any atom is 0.359 e. The van der Waals surface area contributed by atoms with E-state index in [9.17, 15) is 18.8 Å². The van der Waals surface area contributed by atoms with E-state index in [1.165, 1.54) is 47.2 Å². The van der Waals surface area contributed by atoms with E-state index in [0.29, 0.717) is 5.69 Å². The smallest absolute Gasteiger partial charge is 0.359 e. The van der Waals surface area contributed by atoms with E-state index in [0.717, 1.165) is 25.7 Å². The van der Waals surface area contributed by atoms with Crippen molar-refractivity contribution in [1.29, 1.82) is 0 Å². The van der Waals surface area contributed by atoms with Crippen molar-refractivity contribution < 1.29 is 23.5 Å². The Bertz CT molecular complexity index is 997. The van der Waals surface area contributed by atoms with Gasteiger partial charge in [-0.1, -0.05) is 12.8 Å². The second-order valence-electron chi connectivity index (χ2n) is 7.91. The number of halogens is 1. The third-order valence-corrected chi connectivity index (χ3v) is 5.86. The molecule has 9 heteroatoms. The minimum Gasteiger partial charge on any atom is -0.464 e. The van der Waals surface area contributed by atoms with Crippen molar-refractivity contribution in [3.8, 4) is 0 Å². The second kappa shape index (κ2) is 7.55. The molecule has 30 heavy (non-hydrogen) atoms. The molecular formula is C21H23FN4O4. The lowest BCUT2D eigenvalue weighted by Gasteiger charge is -2.44. The predicted molar refractivity (Wildman–Crippen MR) is 106 cm³/mol. The van der Waals surface area contributed by atoms with Gasteiger partial charge in [-0.15, -0.1) is 0 Å². The SMILES string of the molecule is COC(=O)c1ncn2c1C(=O)N(c1ccc(F)cc1)[C@@](C)(C(=O)NC1CCCC1)C2. The molecule has 2 aliphatic rings. The summed E-state index contributed by atoms with van der Waals surface area (Å²) in [5.41, 5.74) is -1.02. The van der Waals surface area contributed by atoms with Crippen LogP contribution in [0, 0.1) is 5.82 Å². The summed E-state index contributed by atoms with van der Waals surface area (Å²) in [5, 5.41) is 3.06. The third kappa shape index (κ3) is 3.24. The molecule has 1 aliphatic heterocycles. The Morgan fingerprint density at radius 1 is 1.23 bits per heavy atom. The van der Waals surface area contributed by atoms with Gasteiger partial charge in [0, 0.05) is 11.7 Å². The fourth-order valence-electron chi connectivity index (χ4n) is 4.28. The number of carbonyl (C=O) groups is 3. The third-order valence-electron chi connectivity index (χ3n) is 5.86. The molecule has 1 aromatic carbocycles. The van der Waals surface area contributed by atoms with Crippen LogP contribution in [0.2, 0.25) is 0 Å². The summed E-state index contributed by atoms with van der Waals surface area (Å²) in [6.45, 7) is 1.76. The number of nitrogens with zero attached hydrogens (tertiary/aromatic N) is 3. The monoisotopic (exact) mass is 414 g/mol. The molecule has 1 atom stereocenters. The normalized spacial score (nSPS) is 21.4. The standard InChI is InChI=1S/C21H23FN4O4/c1-21(20(29)24-14-5-3-4-6-14)11-25-12-23-16(19(28)30-2)17(25)18(27)26(21)15-9-7-13(22)8-10-15/h7-10,12,14H,3-6,11H2,1-2H3,(H,24,29)/t21-/m1/s1. The van der Waals surface area contributed by atoms with Crippen molar-refractivity contribution in [2.45, 2.75) is 50.7 Å². The number of benzene rings is 1. The molecule has 4 rings (SSSR count). The molecule has 0 saturated heterocycles. The van der Waals surface area contributed by atoms with Crippen LogP contribution in [0.3, 0.4) is 0 Å². The maximum atomic E-state index is 13.5. The fourth-order valence-corrected chi connectivity index (χ4v) is 4.28. The van der Waals surface area contributed by atoms with Crippen LogP contribution in [-0.2, 0) is 16.1 Å². The Kier molecular flexibility index (Phi) is 5.05. The van der Waals surface area contributed by atoms with Crippen molar-refractivity contribution in [3.05, 3.63) is 47.8 Å². The first-order valence-corrected chi connectivity index (χ1v) is 9.89. The van der Waals surface area contributed by atoms with E-state index >= 15 is 0 Å². The zero-order valence-corrected chi connectivity index (χ0v) is 16.9. The molecule has 1 aromatic heterocycles. The first kappa shape index (κ1) is 20.1. The van der Waals surface area contributed by atoms with Crippen LogP contribution in [0.25, 0.3) is 0 Å². The number of ether oxygens (including phenoxy) is 1. The van der Waals surface area contributed by atoms with Crippen LogP contribution < -0.4 is 10.2 Å². The van der Waals surface area contributed by atoms with Gasteiger partial charge < -0.3 is 14.6 Å². The molecule has 8 nitrogen and oxygen atoms in total. The highest BCUT2D eigenvalue weighted by Gasteiger charge is 2.50. The van der Waals surface area contributed by atoms with E-state index < -0.39 is 23.2 Å². The van der Waals surface area contributed by atoms with Crippen molar-refractivity contribution in [2.24, 2.45) is 0 Å². The molecule has 0 unspecified atom stereocenters. The predicted octanol–water partition coefficient (Wildman–Crippen LogP) is 2.29. The molecule has 1 aliphatic carbocycles. The van der Waals surface area contributed by atoms with E-state index in [-0.39, 0.29) is 29.9 Å². The summed E-state index contributed by atoms with van der Waals surface area (Å²) < 4.78 is 19.8. The van der Waals surface area contributed by atoms with E-state index in [1.54, 1.807) is 6.92 Å². The summed E-state index contributed by atoms with van der Waals surface area (Å²) in [6.07, 6.45) is 5.26. The molecule has 0 spiro atoms. The molecule has 1 saturated carbocycles. The van der Waals surface area contributed by atoms with Crippen LogP contribution in [0.4, 0.5) is 10.1 Å². The van der Waals surface area contributed by atoms with Gasteiger partial charge in [-0.3, -0.25) is 14.5 Å². The molecular weight excluding hydrogens is 391 g/mol. The van der Waals surface area contributed by atoms with Crippen molar-refractivity contribution in [3.63, 3.8) is 0 Å². The van der Waals surface area contributed by atoms with Crippen LogP contribution in [0.1, 0.15) is 53.6 Å². The molecule has 1 fully saturated rings. The molecule has 2 aromatic rings. The van der Waals surface area contributed by atoms with Gasteiger partial charge in [0.1, 0.15) is 17.1 Å². The van der Waals surface area contributed by atoms with E-state index in [2.05, 4.69) is 10.3 Å². The van der Waals surface area contributed by atoms with Crippen LogP contribution in [0.5, 0.6) is 0 Å². The molecule has 0 bridgehead atoms. The number of imidazole rings is 1. The fraction of sp³-hybridized carbons (Fsp3) is 0.429. The number of carbonyl (C=O) groups excluding carboxylic acids is 3. The van der Waals surface area contributed by atoms with Crippen molar-refractivity contribution >= 4 is 23.5 Å². The Balaban J connectivity index is 1.79. The Labute approximate surface area is 173 Å². The summed E-state index contributed by atoms with van der Waals surface area (Å²) in [7, 11) is 1.21. The Morgan fingerprint density at radius 2 is 1.90 bits per heavy atom. The number of esters is 1. The largest absolute Gasteiger partial charge is 0.464 e. The van der Waals surface area contributed by atoms with Gasteiger partial charge in [0.25, 0.3) is 5.91 Å². The Hall–Kier alpha value is -3.23. The minimum absolute atomic E-state index is 0.0392. The van der Waals surface area contributed by atoms with E-state index in [4.69, 9.17) is 4.74 Å². The first-order chi connectivity index (χ1) is 14.3. The topological polar surface area (TPSA) is 93.5 Å². The first-order valence-electron chi connectivity index (χ1n) is 9.89. The second-order valence-corrected chi connectivity index (χ2v) is 7.91. The molecule has 158 valence electrons. The number of amides is 2. The van der Waals surface area contributed by atoms with Gasteiger partial charge in [0.05, 0.1) is 20.0 Å². The zero-order chi connectivity index (χ0) is 21.5. The highest BCUT2D eigenvalue weighted by molar-refractivity contribution is 6.15. The van der Waals surface area contributed by atoms with E-state index in [1.807, 2.05) is 0 Å². The van der Waals surface area contributed by atoms with Crippen molar-refractivity contribution in [2.75, 3.05) is 12.0 Å². The quantitative estimate of drug-likeness (QED) is 0.775. The lowest BCUT2D eigenvalue weighted by atomic mass is 9.93. The Morgan fingerprint density at radius 3 is 2.53 bits per heavy atom. The number of methoxy groups -OCH3 is 1. The molecule has 2 heterocycles. The number of nitrogens with one attached hydrogen (secondary N) is 1. The van der Waals surface area contributed by atoms with Crippen LogP contribution in [-0.4, -0.2) is 46.0 Å². The number of fused-ring (bicyclic) bond motifs is 1. The van der Waals surface area contributed by atoms with Gasteiger partial charge in [-0.2, -0.15) is 0 Å². The van der Waals surface area contributed by atoms with Gasteiger partial charge in [-0.25, -0.2) is 14.2 Å². The summed E-state index contributed by atoms with van der Waals surface area (Å²) >= 11 is 0. The number of rotatable bonds is 4. The minimum atomic E-state index is -1.29. The average molecular weight is 414 g/mol. The lowest BCUT2D eigenvalue weighted by molar-refractivity contribution is -0.127. The van der Waals surface area contributed by atoms with Gasteiger partial charge in [-0.05, 0) is 44.0 Å². The summed E-state index contributed by atoms with van der Waals surface area (Å²) in [5.74, 6) is -2.07. The van der Waals surface area contributed by atoms with Gasteiger partial charge in [0.15, 0.2) is 5.69 Å². The van der Waals surface area contributed by atoms with Gasteiger partial charge >= 0.3 is 5.97 Å². The summed E-state index contributed by atoms with van der Waals surface area (Å²) in [4.78, 5) is 44.4. The number of hydrogen-bond acceptors (Lipinski definition) is 5. The molecule has 2 amide bonds. The number of hydrogen-bond donors (Lipinski definition) is 1. The highest BCUT2D eigenvalue weighted by Crippen LogP contribution is 2.34. The van der Waals surface area contributed by atoms with Crippen LogP contribution in [0.15, 0.2) is 30.6 Å². The number of aromatic nitrogens is 2. The molecule has 1 N–H and O–H groups in total. The average Bonchev–Trinajstić information content (AvgIpc) is 3.38. The van der Waals surface area contributed by atoms with Crippen LogP contribution >= 0.6 is 0 Å². The van der Waals surface area contributed by atoms with Crippen molar-refractivity contribution in [1.82, 2.24) is 14.9 Å². The highest BCUT2D eigenvalue weighted by atomic mass is 19.1. The summed E-state index contributed by atoms with van der Waals surface area (Å²) in [6, 6.07) is 5.40. The zero-order valence-electron chi connectivity index (χ0n) is 16.9. The lowest BCUT2D eigenvalue weighted by Crippen LogP contribution is -2.65. The van der Waals surface area contributed by atoms with Gasteiger partial charge in [0.2, 0.25) is 5.91 Å². The number of anilines is 1. The maximum absolute atomic E-state index is 13.5. The molecule has 0 radical (unpaired) electrons.